The topological polar surface area (TPSA) is 29.1 Å². The number of alkyl halides is 4. The van der Waals surface area contributed by atoms with Crippen LogP contribution in [0.1, 0.15) is 26.7 Å². The fourth-order valence-corrected chi connectivity index (χ4v) is 0.868. The highest BCUT2D eigenvalue weighted by Gasteiger charge is 2.27. The Hall–Kier alpha value is -0.450. The molecule has 15 heavy (non-hydrogen) atoms. The van der Waals surface area contributed by atoms with Crippen molar-refractivity contribution in [3.8, 4) is 0 Å². The molecule has 0 aliphatic carbocycles. The average Bonchev–Trinajstić information content (AvgIpc) is 2.09. The van der Waals surface area contributed by atoms with E-state index in [1.54, 1.807) is 0 Å². The second-order valence-electron chi connectivity index (χ2n) is 3.68. The van der Waals surface area contributed by atoms with Gasteiger partial charge in [0.1, 0.15) is 0 Å². The summed E-state index contributed by atoms with van der Waals surface area (Å²) in [5, 5.41) is 2.12. The van der Waals surface area contributed by atoms with E-state index in [1.807, 2.05) is 13.8 Å². The lowest BCUT2D eigenvalue weighted by atomic mass is 10.1. The molecule has 0 aliphatic rings. The summed E-state index contributed by atoms with van der Waals surface area (Å²) >= 11 is 5.81. The zero-order valence-electron chi connectivity index (χ0n) is 8.70. The van der Waals surface area contributed by atoms with Gasteiger partial charge in [-0.2, -0.15) is 13.2 Å². The molecular formula is C9H15ClF3NO. The third-order valence-electron chi connectivity index (χ3n) is 1.85. The van der Waals surface area contributed by atoms with Crippen molar-refractivity contribution in [1.82, 2.24) is 5.32 Å². The van der Waals surface area contributed by atoms with Crippen LogP contribution in [-0.2, 0) is 4.79 Å². The SMILES string of the molecule is CC(C)C(Cl)CNC(=O)CCC(F)(F)F. The summed E-state index contributed by atoms with van der Waals surface area (Å²) in [6.45, 7) is 3.95. The van der Waals surface area contributed by atoms with E-state index in [0.717, 1.165) is 0 Å². The number of carbonyl (C=O) groups is 1. The summed E-state index contributed by atoms with van der Waals surface area (Å²) in [7, 11) is 0. The van der Waals surface area contributed by atoms with E-state index in [9.17, 15) is 18.0 Å². The van der Waals surface area contributed by atoms with Crippen LogP contribution in [0.2, 0.25) is 0 Å². The van der Waals surface area contributed by atoms with Crippen molar-refractivity contribution in [3.05, 3.63) is 0 Å². The third-order valence-corrected chi connectivity index (χ3v) is 2.51. The highest BCUT2D eigenvalue weighted by Crippen LogP contribution is 2.21. The second kappa shape index (κ2) is 6.20. The predicted octanol–water partition coefficient (Wildman–Crippen LogP) is 2.71. The summed E-state index contributed by atoms with van der Waals surface area (Å²) in [4.78, 5) is 10.9. The molecule has 0 saturated carbocycles. The average molecular weight is 246 g/mol. The Labute approximate surface area is 92.2 Å². The Kier molecular flexibility index (Phi) is 6.02. The first-order valence-corrected chi connectivity index (χ1v) is 5.13. The van der Waals surface area contributed by atoms with Crippen molar-refractivity contribution in [1.29, 1.82) is 0 Å². The molecule has 2 nitrogen and oxygen atoms in total. The van der Waals surface area contributed by atoms with Gasteiger partial charge in [-0.05, 0) is 5.92 Å². The van der Waals surface area contributed by atoms with Crippen molar-refractivity contribution in [2.24, 2.45) is 5.92 Å². The van der Waals surface area contributed by atoms with Crippen LogP contribution in [0.3, 0.4) is 0 Å². The molecule has 0 saturated heterocycles. The number of halogens is 4. The van der Waals surface area contributed by atoms with Gasteiger partial charge in [0, 0.05) is 13.0 Å². The van der Waals surface area contributed by atoms with Gasteiger partial charge in [-0.15, -0.1) is 11.6 Å². The molecule has 6 heteroatoms. The lowest BCUT2D eigenvalue weighted by molar-refractivity contribution is -0.144. The molecule has 1 N–H and O–H groups in total. The Morgan fingerprint density at radius 1 is 1.40 bits per heavy atom. The van der Waals surface area contributed by atoms with E-state index in [1.165, 1.54) is 0 Å². The molecule has 1 unspecified atom stereocenters. The van der Waals surface area contributed by atoms with E-state index in [4.69, 9.17) is 11.6 Å². The summed E-state index contributed by atoms with van der Waals surface area (Å²) in [6.07, 6.45) is -5.91. The first kappa shape index (κ1) is 14.6. The van der Waals surface area contributed by atoms with Crippen molar-refractivity contribution in [2.75, 3.05) is 6.54 Å². The van der Waals surface area contributed by atoms with Gasteiger partial charge in [-0.3, -0.25) is 4.79 Å². The second-order valence-corrected chi connectivity index (χ2v) is 4.24. The Bertz CT molecular complexity index is 206. The fourth-order valence-electron chi connectivity index (χ4n) is 0.791. The van der Waals surface area contributed by atoms with Crippen LogP contribution < -0.4 is 5.32 Å². The van der Waals surface area contributed by atoms with E-state index in [-0.39, 0.29) is 17.8 Å². The highest BCUT2D eigenvalue weighted by molar-refractivity contribution is 6.21. The van der Waals surface area contributed by atoms with Gasteiger partial charge in [-0.25, -0.2) is 0 Å². The van der Waals surface area contributed by atoms with Gasteiger partial charge in [0.05, 0.1) is 11.8 Å². The van der Waals surface area contributed by atoms with Crippen LogP contribution in [-0.4, -0.2) is 24.0 Å². The van der Waals surface area contributed by atoms with Crippen LogP contribution >= 0.6 is 11.6 Å². The van der Waals surface area contributed by atoms with Gasteiger partial charge in [0.15, 0.2) is 0 Å². The summed E-state index contributed by atoms with van der Waals surface area (Å²) in [5.41, 5.74) is 0. The zero-order valence-corrected chi connectivity index (χ0v) is 9.45. The molecule has 0 radical (unpaired) electrons. The molecule has 1 amide bonds. The zero-order chi connectivity index (χ0) is 12.1. The van der Waals surface area contributed by atoms with Gasteiger partial charge in [0.25, 0.3) is 0 Å². The third kappa shape index (κ3) is 8.54. The van der Waals surface area contributed by atoms with Crippen molar-refractivity contribution >= 4 is 17.5 Å². The Balaban J connectivity index is 3.67. The van der Waals surface area contributed by atoms with Gasteiger partial charge in [0.2, 0.25) is 5.91 Å². The molecule has 0 aromatic carbocycles. The van der Waals surface area contributed by atoms with E-state index in [2.05, 4.69) is 5.32 Å². The summed E-state index contributed by atoms with van der Waals surface area (Å²) in [6, 6.07) is 0. The number of rotatable bonds is 5. The van der Waals surface area contributed by atoms with Crippen molar-refractivity contribution < 1.29 is 18.0 Å². The maximum absolute atomic E-state index is 11.7. The quantitative estimate of drug-likeness (QED) is 0.742. The Morgan fingerprint density at radius 2 is 1.93 bits per heavy atom. The summed E-state index contributed by atoms with van der Waals surface area (Å²) in [5.74, 6) is -0.437. The van der Waals surface area contributed by atoms with Crippen LogP contribution in [0.5, 0.6) is 0 Å². The summed E-state index contributed by atoms with van der Waals surface area (Å²) < 4.78 is 35.2. The molecule has 0 aliphatic heterocycles. The van der Waals surface area contributed by atoms with Crippen molar-refractivity contribution in [2.45, 2.75) is 38.2 Å². The number of hydrogen-bond donors (Lipinski definition) is 1. The minimum atomic E-state index is -4.28. The molecular weight excluding hydrogens is 231 g/mol. The number of hydrogen-bond acceptors (Lipinski definition) is 1. The predicted molar refractivity (Wildman–Crippen MR) is 52.8 cm³/mol. The van der Waals surface area contributed by atoms with Crippen LogP contribution in [0, 0.1) is 5.92 Å². The maximum atomic E-state index is 11.7. The highest BCUT2D eigenvalue weighted by atomic mass is 35.5. The largest absolute Gasteiger partial charge is 0.389 e. The van der Waals surface area contributed by atoms with E-state index in [0.29, 0.717) is 0 Å². The molecule has 0 spiro atoms. The maximum Gasteiger partial charge on any atom is 0.389 e. The smallest absolute Gasteiger partial charge is 0.355 e. The number of carbonyl (C=O) groups excluding carboxylic acids is 1. The normalized spacial score (nSPS) is 14.1. The Morgan fingerprint density at radius 3 is 2.33 bits per heavy atom. The fraction of sp³-hybridized carbons (Fsp3) is 0.889. The van der Waals surface area contributed by atoms with Crippen molar-refractivity contribution in [3.63, 3.8) is 0 Å². The van der Waals surface area contributed by atoms with E-state index < -0.39 is 24.9 Å². The standard InChI is InChI=1S/C9H15ClF3NO/c1-6(2)7(10)5-14-8(15)3-4-9(11,12)13/h6-7H,3-5H2,1-2H3,(H,14,15). The van der Waals surface area contributed by atoms with Crippen LogP contribution in [0.4, 0.5) is 13.2 Å². The molecule has 1 atom stereocenters. The number of nitrogens with one attached hydrogen (secondary N) is 1. The molecule has 0 aromatic rings. The lowest BCUT2D eigenvalue weighted by Crippen LogP contribution is -2.32. The first-order chi connectivity index (χ1) is 6.72. The monoisotopic (exact) mass is 245 g/mol. The first-order valence-electron chi connectivity index (χ1n) is 4.70. The van der Waals surface area contributed by atoms with Crippen LogP contribution in [0.15, 0.2) is 0 Å². The molecule has 0 rings (SSSR count). The molecule has 0 heterocycles. The van der Waals surface area contributed by atoms with Gasteiger partial charge < -0.3 is 5.32 Å². The molecule has 0 bridgehead atoms. The lowest BCUT2D eigenvalue weighted by Gasteiger charge is -2.14. The number of amides is 1. The molecule has 0 aromatic heterocycles. The molecule has 0 fully saturated rings. The van der Waals surface area contributed by atoms with Gasteiger partial charge >= 0.3 is 6.18 Å². The minimum Gasteiger partial charge on any atom is -0.355 e. The molecule has 90 valence electrons. The van der Waals surface area contributed by atoms with E-state index >= 15 is 0 Å². The van der Waals surface area contributed by atoms with Crippen LogP contribution in [0.25, 0.3) is 0 Å². The minimum absolute atomic E-state index is 0.176. The van der Waals surface area contributed by atoms with Gasteiger partial charge in [-0.1, -0.05) is 13.8 Å².